The van der Waals surface area contributed by atoms with Crippen LogP contribution in [0.1, 0.15) is 12.5 Å². The fourth-order valence-corrected chi connectivity index (χ4v) is 2.06. The van der Waals surface area contributed by atoms with Crippen molar-refractivity contribution in [1.29, 1.82) is 0 Å². The van der Waals surface area contributed by atoms with E-state index in [0.717, 1.165) is 25.3 Å². The van der Waals surface area contributed by atoms with Crippen molar-refractivity contribution in [3.8, 4) is 5.75 Å². The molecule has 0 saturated carbocycles. The average Bonchev–Trinajstić information content (AvgIpc) is 2.39. The molecule has 0 aliphatic rings. The number of ether oxygens (including phenoxy) is 1. The van der Waals surface area contributed by atoms with Crippen LogP contribution >= 0.6 is 12.4 Å². The van der Waals surface area contributed by atoms with Crippen LogP contribution in [0.2, 0.25) is 0 Å². The van der Waals surface area contributed by atoms with Gasteiger partial charge in [0.2, 0.25) is 0 Å². The van der Waals surface area contributed by atoms with E-state index < -0.39 is 0 Å². The lowest BCUT2D eigenvalue weighted by atomic mass is 10.0. The minimum absolute atomic E-state index is 0. The Hall–Kier alpha value is -1.25. The van der Waals surface area contributed by atoms with Crippen molar-refractivity contribution in [2.45, 2.75) is 13.3 Å². The summed E-state index contributed by atoms with van der Waals surface area (Å²) in [5.41, 5.74) is 1.38. The third-order valence-corrected chi connectivity index (χ3v) is 3.00. The second kappa shape index (κ2) is 7.24. The molecular weight excluding hydrogens is 246 g/mol. The summed E-state index contributed by atoms with van der Waals surface area (Å²) < 4.78 is 5.29. The number of nitrogens with one attached hydrogen (secondary N) is 1. The van der Waals surface area contributed by atoms with E-state index in [1.54, 1.807) is 7.11 Å². The molecule has 0 saturated heterocycles. The molecule has 0 radical (unpaired) electrons. The standard InChI is InChI=1S/C15H19NO.ClH/c1-3-16-10-9-13-6-4-5-12-7-8-14(17-2)11-15(12)13;/h4-8,11,16H,3,9-10H2,1-2H3;1H. The summed E-state index contributed by atoms with van der Waals surface area (Å²) in [6.45, 7) is 4.17. The fraction of sp³-hybridized carbons (Fsp3) is 0.333. The van der Waals surface area contributed by atoms with Crippen LogP contribution in [0.4, 0.5) is 0 Å². The van der Waals surface area contributed by atoms with E-state index >= 15 is 0 Å². The topological polar surface area (TPSA) is 21.3 Å². The Labute approximate surface area is 115 Å². The Bertz CT molecular complexity index is 499. The molecule has 0 fully saturated rings. The van der Waals surface area contributed by atoms with Gasteiger partial charge in [-0.1, -0.05) is 31.2 Å². The van der Waals surface area contributed by atoms with Crippen molar-refractivity contribution in [2.24, 2.45) is 0 Å². The second-order valence-corrected chi connectivity index (χ2v) is 4.11. The van der Waals surface area contributed by atoms with E-state index in [-0.39, 0.29) is 12.4 Å². The minimum Gasteiger partial charge on any atom is -0.497 e. The molecule has 2 rings (SSSR count). The summed E-state index contributed by atoms with van der Waals surface area (Å²) >= 11 is 0. The predicted molar refractivity (Wildman–Crippen MR) is 80.0 cm³/mol. The van der Waals surface area contributed by atoms with Gasteiger partial charge < -0.3 is 10.1 Å². The van der Waals surface area contributed by atoms with Crippen LogP contribution in [0.5, 0.6) is 5.75 Å². The Morgan fingerprint density at radius 3 is 2.72 bits per heavy atom. The maximum Gasteiger partial charge on any atom is 0.119 e. The lowest BCUT2D eigenvalue weighted by Gasteiger charge is -2.08. The molecule has 18 heavy (non-hydrogen) atoms. The van der Waals surface area contributed by atoms with Crippen LogP contribution in [-0.2, 0) is 6.42 Å². The first-order chi connectivity index (χ1) is 8.35. The van der Waals surface area contributed by atoms with Gasteiger partial charge in [-0.2, -0.15) is 0 Å². The van der Waals surface area contributed by atoms with Gasteiger partial charge in [0.1, 0.15) is 5.75 Å². The van der Waals surface area contributed by atoms with E-state index in [4.69, 9.17) is 4.74 Å². The average molecular weight is 266 g/mol. The number of benzene rings is 2. The van der Waals surface area contributed by atoms with E-state index in [1.165, 1.54) is 16.3 Å². The van der Waals surface area contributed by atoms with Gasteiger partial charge in [0.25, 0.3) is 0 Å². The Morgan fingerprint density at radius 1 is 1.17 bits per heavy atom. The normalized spacial score (nSPS) is 10.1. The lowest BCUT2D eigenvalue weighted by Crippen LogP contribution is -2.16. The van der Waals surface area contributed by atoms with Crippen molar-refractivity contribution >= 4 is 23.2 Å². The van der Waals surface area contributed by atoms with Crippen molar-refractivity contribution in [3.05, 3.63) is 42.0 Å². The van der Waals surface area contributed by atoms with Gasteiger partial charge in [-0.05, 0) is 48.0 Å². The van der Waals surface area contributed by atoms with Gasteiger partial charge in [-0.25, -0.2) is 0 Å². The maximum atomic E-state index is 5.29. The summed E-state index contributed by atoms with van der Waals surface area (Å²) in [6.07, 6.45) is 1.05. The Kier molecular flexibility index (Phi) is 5.96. The van der Waals surface area contributed by atoms with Gasteiger partial charge >= 0.3 is 0 Å². The molecule has 0 unspecified atom stereocenters. The molecule has 0 aliphatic carbocycles. The van der Waals surface area contributed by atoms with E-state index in [2.05, 4.69) is 42.6 Å². The molecule has 1 N–H and O–H groups in total. The monoisotopic (exact) mass is 265 g/mol. The summed E-state index contributed by atoms with van der Waals surface area (Å²) in [7, 11) is 1.71. The Balaban J connectivity index is 0.00000162. The Morgan fingerprint density at radius 2 is 2.00 bits per heavy atom. The molecule has 0 aromatic heterocycles. The third kappa shape index (κ3) is 3.37. The maximum absolute atomic E-state index is 5.29. The summed E-state index contributed by atoms with van der Waals surface area (Å²) in [4.78, 5) is 0. The largest absolute Gasteiger partial charge is 0.497 e. The minimum atomic E-state index is 0. The first kappa shape index (κ1) is 14.8. The molecule has 0 bridgehead atoms. The molecule has 0 atom stereocenters. The molecule has 0 spiro atoms. The number of rotatable bonds is 5. The highest BCUT2D eigenvalue weighted by Crippen LogP contribution is 2.24. The van der Waals surface area contributed by atoms with Crippen LogP contribution in [0.25, 0.3) is 10.8 Å². The molecule has 98 valence electrons. The first-order valence-electron chi connectivity index (χ1n) is 6.11. The van der Waals surface area contributed by atoms with Crippen LogP contribution in [-0.4, -0.2) is 20.2 Å². The summed E-state index contributed by atoms with van der Waals surface area (Å²) in [5.74, 6) is 0.924. The lowest BCUT2D eigenvalue weighted by molar-refractivity contribution is 0.415. The van der Waals surface area contributed by atoms with Gasteiger partial charge in [0.05, 0.1) is 7.11 Å². The van der Waals surface area contributed by atoms with Crippen LogP contribution in [0.3, 0.4) is 0 Å². The molecule has 2 nitrogen and oxygen atoms in total. The van der Waals surface area contributed by atoms with E-state index in [9.17, 15) is 0 Å². The molecule has 0 amide bonds. The number of hydrogen-bond acceptors (Lipinski definition) is 2. The van der Waals surface area contributed by atoms with Crippen molar-refractivity contribution in [3.63, 3.8) is 0 Å². The van der Waals surface area contributed by atoms with E-state index in [1.807, 2.05) is 6.07 Å². The first-order valence-corrected chi connectivity index (χ1v) is 6.11. The highest BCUT2D eigenvalue weighted by atomic mass is 35.5. The molecular formula is C15H20ClNO. The zero-order valence-electron chi connectivity index (χ0n) is 10.9. The van der Waals surface area contributed by atoms with Crippen LogP contribution in [0.15, 0.2) is 36.4 Å². The van der Waals surface area contributed by atoms with Crippen molar-refractivity contribution < 1.29 is 4.74 Å². The molecule has 2 aromatic carbocycles. The quantitative estimate of drug-likeness (QED) is 0.837. The second-order valence-electron chi connectivity index (χ2n) is 4.11. The number of methoxy groups -OCH3 is 1. The molecule has 0 aliphatic heterocycles. The molecule has 3 heteroatoms. The predicted octanol–water partition coefficient (Wildman–Crippen LogP) is 3.42. The van der Waals surface area contributed by atoms with Gasteiger partial charge in [-0.15, -0.1) is 12.4 Å². The molecule has 2 aromatic rings. The number of halogens is 1. The fourth-order valence-electron chi connectivity index (χ4n) is 2.06. The highest BCUT2D eigenvalue weighted by Gasteiger charge is 2.02. The zero-order valence-corrected chi connectivity index (χ0v) is 11.7. The SMILES string of the molecule is CCNCCc1cccc2ccc(OC)cc12.Cl. The van der Waals surface area contributed by atoms with Crippen LogP contribution in [0, 0.1) is 0 Å². The van der Waals surface area contributed by atoms with E-state index in [0.29, 0.717) is 0 Å². The number of fused-ring (bicyclic) bond motifs is 1. The zero-order chi connectivity index (χ0) is 12.1. The number of likely N-dealkylation sites (N-methyl/N-ethyl adjacent to an activating group) is 1. The van der Waals surface area contributed by atoms with Crippen molar-refractivity contribution in [2.75, 3.05) is 20.2 Å². The van der Waals surface area contributed by atoms with Crippen LogP contribution < -0.4 is 10.1 Å². The van der Waals surface area contributed by atoms with Gasteiger partial charge in [0, 0.05) is 0 Å². The van der Waals surface area contributed by atoms with Gasteiger partial charge in [-0.3, -0.25) is 0 Å². The highest BCUT2D eigenvalue weighted by molar-refractivity contribution is 5.87. The van der Waals surface area contributed by atoms with Crippen molar-refractivity contribution in [1.82, 2.24) is 5.32 Å². The summed E-state index contributed by atoms with van der Waals surface area (Å²) in [6, 6.07) is 12.7. The summed E-state index contributed by atoms with van der Waals surface area (Å²) in [5, 5.41) is 5.93. The van der Waals surface area contributed by atoms with Gasteiger partial charge in [0.15, 0.2) is 0 Å². The molecule has 0 heterocycles. The smallest absolute Gasteiger partial charge is 0.119 e. The third-order valence-electron chi connectivity index (χ3n) is 3.00. The number of hydrogen-bond donors (Lipinski definition) is 1.